The Kier molecular flexibility index (Phi) is 3.10. The van der Waals surface area contributed by atoms with Crippen LogP contribution in [0.2, 0.25) is 0 Å². The highest BCUT2D eigenvalue weighted by molar-refractivity contribution is 5.81. The number of nitrogens with zero attached hydrogens (tertiary/aromatic N) is 2. The Labute approximate surface area is 99.8 Å². The second kappa shape index (κ2) is 4.55. The molecule has 1 heterocycles. The number of carbonyl (C=O) groups is 1. The molecule has 5 nitrogen and oxygen atoms in total. The molecule has 0 unspecified atom stereocenters. The number of aryl methyl sites for hydroxylation is 2. The van der Waals surface area contributed by atoms with Gasteiger partial charge in [-0.1, -0.05) is 6.07 Å². The van der Waals surface area contributed by atoms with Crippen molar-refractivity contribution in [1.82, 2.24) is 20.4 Å². The summed E-state index contributed by atoms with van der Waals surface area (Å²) in [5.74, 6) is 0.913. The molecule has 1 aromatic heterocycles. The van der Waals surface area contributed by atoms with E-state index in [2.05, 4.69) is 15.8 Å². The monoisotopic (exact) mass is 232 g/mol. The lowest BCUT2D eigenvalue weighted by Crippen LogP contribution is -2.35. The van der Waals surface area contributed by atoms with E-state index in [1.54, 1.807) is 7.05 Å². The fourth-order valence-corrected chi connectivity index (χ4v) is 1.84. The van der Waals surface area contributed by atoms with Crippen molar-refractivity contribution < 1.29 is 4.79 Å². The molecule has 2 rings (SSSR count). The first kappa shape index (κ1) is 11.6. The number of carbonyl (C=O) groups excluding carboxylic acids is 1. The van der Waals surface area contributed by atoms with Gasteiger partial charge < -0.3 is 4.57 Å². The third-order valence-electron chi connectivity index (χ3n) is 2.80. The Morgan fingerprint density at radius 2 is 2.24 bits per heavy atom. The Morgan fingerprint density at radius 3 is 2.94 bits per heavy atom. The van der Waals surface area contributed by atoms with E-state index in [0.29, 0.717) is 6.42 Å². The Balaban J connectivity index is 2.29. The molecule has 17 heavy (non-hydrogen) atoms. The van der Waals surface area contributed by atoms with Crippen LogP contribution in [0.15, 0.2) is 18.2 Å². The lowest BCUT2D eigenvalue weighted by Gasteiger charge is -2.03. The van der Waals surface area contributed by atoms with Crippen LogP contribution in [0.3, 0.4) is 0 Å². The Hall–Kier alpha value is -1.88. The van der Waals surface area contributed by atoms with E-state index in [4.69, 9.17) is 0 Å². The molecule has 0 saturated heterocycles. The Morgan fingerprint density at radius 1 is 1.47 bits per heavy atom. The summed E-state index contributed by atoms with van der Waals surface area (Å²) in [5, 5.41) is 0. The highest BCUT2D eigenvalue weighted by atomic mass is 16.2. The summed E-state index contributed by atoms with van der Waals surface area (Å²) >= 11 is 0. The summed E-state index contributed by atoms with van der Waals surface area (Å²) in [4.78, 5) is 15.9. The zero-order valence-corrected chi connectivity index (χ0v) is 10.2. The van der Waals surface area contributed by atoms with E-state index in [1.807, 2.05) is 36.7 Å². The van der Waals surface area contributed by atoms with Crippen molar-refractivity contribution in [3.8, 4) is 0 Å². The van der Waals surface area contributed by atoms with Crippen molar-refractivity contribution in [3.63, 3.8) is 0 Å². The van der Waals surface area contributed by atoms with Crippen LogP contribution < -0.4 is 10.9 Å². The minimum atomic E-state index is -0.0560. The lowest BCUT2D eigenvalue weighted by atomic mass is 10.1. The summed E-state index contributed by atoms with van der Waals surface area (Å²) in [5.41, 5.74) is 8.14. The third kappa shape index (κ3) is 2.29. The molecule has 0 fully saturated rings. The minimum absolute atomic E-state index is 0.0560. The second-order valence-corrected chi connectivity index (χ2v) is 4.02. The highest BCUT2D eigenvalue weighted by Gasteiger charge is 2.07. The number of rotatable bonds is 3. The van der Waals surface area contributed by atoms with Crippen LogP contribution in [0, 0.1) is 6.92 Å². The number of imidazole rings is 1. The van der Waals surface area contributed by atoms with Gasteiger partial charge in [0.25, 0.3) is 0 Å². The molecule has 0 aliphatic rings. The Bertz CT molecular complexity index is 559. The molecular weight excluding hydrogens is 216 g/mol. The van der Waals surface area contributed by atoms with Crippen molar-refractivity contribution in [2.75, 3.05) is 7.05 Å². The van der Waals surface area contributed by atoms with Gasteiger partial charge in [0.05, 0.1) is 17.5 Å². The first-order valence-electron chi connectivity index (χ1n) is 5.49. The first-order valence-corrected chi connectivity index (χ1v) is 5.49. The van der Waals surface area contributed by atoms with Crippen molar-refractivity contribution in [2.24, 2.45) is 7.05 Å². The van der Waals surface area contributed by atoms with E-state index in [9.17, 15) is 4.79 Å². The molecule has 2 N–H and O–H groups in total. The molecule has 1 amide bonds. The van der Waals surface area contributed by atoms with Gasteiger partial charge >= 0.3 is 0 Å². The number of aromatic nitrogens is 2. The van der Waals surface area contributed by atoms with Gasteiger partial charge in [-0.25, -0.2) is 10.4 Å². The van der Waals surface area contributed by atoms with Crippen molar-refractivity contribution in [3.05, 3.63) is 29.6 Å². The van der Waals surface area contributed by atoms with Gasteiger partial charge in [-0.2, -0.15) is 0 Å². The standard InChI is InChI=1S/C12H16N4O/c1-8-14-10-6-9(7-12(17)15-13-2)4-5-11(10)16(8)3/h4-6,13H,7H2,1-3H3,(H,15,17). The van der Waals surface area contributed by atoms with E-state index in [0.717, 1.165) is 22.4 Å². The second-order valence-electron chi connectivity index (χ2n) is 4.02. The van der Waals surface area contributed by atoms with E-state index >= 15 is 0 Å². The molecule has 90 valence electrons. The van der Waals surface area contributed by atoms with Crippen LogP contribution in [-0.2, 0) is 18.3 Å². The average molecular weight is 232 g/mol. The molecular formula is C12H16N4O. The van der Waals surface area contributed by atoms with Gasteiger partial charge in [-0.05, 0) is 24.6 Å². The van der Waals surface area contributed by atoms with Gasteiger partial charge in [0.1, 0.15) is 5.82 Å². The fraction of sp³-hybridized carbons (Fsp3) is 0.333. The highest BCUT2D eigenvalue weighted by Crippen LogP contribution is 2.16. The van der Waals surface area contributed by atoms with Crippen LogP contribution in [0.1, 0.15) is 11.4 Å². The molecule has 2 aromatic rings. The van der Waals surface area contributed by atoms with E-state index in [1.165, 1.54) is 0 Å². The van der Waals surface area contributed by atoms with Crippen LogP contribution in [-0.4, -0.2) is 22.5 Å². The fourth-order valence-electron chi connectivity index (χ4n) is 1.84. The summed E-state index contributed by atoms with van der Waals surface area (Å²) < 4.78 is 2.03. The van der Waals surface area contributed by atoms with Gasteiger partial charge in [-0.3, -0.25) is 10.2 Å². The van der Waals surface area contributed by atoms with E-state index < -0.39 is 0 Å². The number of nitrogens with one attached hydrogen (secondary N) is 2. The molecule has 0 atom stereocenters. The number of hydrazine groups is 1. The third-order valence-corrected chi connectivity index (χ3v) is 2.80. The van der Waals surface area contributed by atoms with Gasteiger partial charge in [0, 0.05) is 14.1 Å². The largest absolute Gasteiger partial charge is 0.331 e. The van der Waals surface area contributed by atoms with Crippen molar-refractivity contribution in [1.29, 1.82) is 0 Å². The predicted molar refractivity (Wildman–Crippen MR) is 66.4 cm³/mol. The maximum absolute atomic E-state index is 11.4. The van der Waals surface area contributed by atoms with Gasteiger partial charge in [-0.15, -0.1) is 0 Å². The summed E-state index contributed by atoms with van der Waals surface area (Å²) in [6.07, 6.45) is 0.354. The summed E-state index contributed by atoms with van der Waals surface area (Å²) in [7, 11) is 3.65. The maximum atomic E-state index is 11.4. The maximum Gasteiger partial charge on any atom is 0.238 e. The first-order chi connectivity index (χ1) is 8.11. The predicted octanol–water partition coefficient (Wildman–Crippen LogP) is 0.675. The quantitative estimate of drug-likeness (QED) is 0.765. The molecule has 0 radical (unpaired) electrons. The van der Waals surface area contributed by atoms with Crippen LogP contribution in [0.25, 0.3) is 11.0 Å². The van der Waals surface area contributed by atoms with Crippen LogP contribution in [0.4, 0.5) is 0 Å². The normalized spacial score (nSPS) is 10.8. The summed E-state index contributed by atoms with van der Waals surface area (Å²) in [6, 6.07) is 5.91. The topological polar surface area (TPSA) is 58.9 Å². The molecule has 0 saturated carbocycles. The number of hydrogen-bond acceptors (Lipinski definition) is 3. The molecule has 5 heteroatoms. The number of amides is 1. The summed E-state index contributed by atoms with van der Waals surface area (Å²) in [6.45, 7) is 1.97. The van der Waals surface area contributed by atoms with Crippen LogP contribution >= 0.6 is 0 Å². The average Bonchev–Trinajstić information content (AvgIpc) is 2.55. The van der Waals surface area contributed by atoms with Crippen molar-refractivity contribution in [2.45, 2.75) is 13.3 Å². The van der Waals surface area contributed by atoms with Crippen LogP contribution in [0.5, 0.6) is 0 Å². The van der Waals surface area contributed by atoms with Gasteiger partial charge in [0.15, 0.2) is 0 Å². The number of hydrogen-bond donors (Lipinski definition) is 2. The smallest absolute Gasteiger partial charge is 0.238 e. The molecule has 0 aliphatic heterocycles. The molecule has 0 bridgehead atoms. The number of fused-ring (bicyclic) bond motifs is 1. The SMILES string of the molecule is CNNC(=O)Cc1ccc2c(c1)nc(C)n2C. The molecule has 0 aliphatic carbocycles. The zero-order chi connectivity index (χ0) is 12.4. The van der Waals surface area contributed by atoms with Crippen molar-refractivity contribution >= 4 is 16.9 Å². The molecule has 0 spiro atoms. The number of benzene rings is 1. The van der Waals surface area contributed by atoms with E-state index in [-0.39, 0.29) is 5.91 Å². The lowest BCUT2D eigenvalue weighted by molar-refractivity contribution is -0.121. The molecule has 1 aromatic carbocycles. The van der Waals surface area contributed by atoms with Gasteiger partial charge in [0.2, 0.25) is 5.91 Å². The zero-order valence-electron chi connectivity index (χ0n) is 10.2. The minimum Gasteiger partial charge on any atom is -0.331 e.